The number of rotatable bonds is 5. The lowest BCUT2D eigenvalue weighted by Crippen LogP contribution is -2.51. The zero-order valence-electron chi connectivity index (χ0n) is 12.1. The van der Waals surface area contributed by atoms with Crippen molar-refractivity contribution in [2.45, 2.75) is 57.5 Å². The van der Waals surface area contributed by atoms with Gasteiger partial charge in [-0.25, -0.2) is 0 Å². The molecule has 2 rings (SSSR count). The van der Waals surface area contributed by atoms with Crippen LogP contribution in [0.4, 0.5) is 0 Å². The molecule has 6 heteroatoms. The van der Waals surface area contributed by atoms with Crippen molar-refractivity contribution in [2.75, 3.05) is 26.7 Å². The van der Waals surface area contributed by atoms with Gasteiger partial charge in [0, 0.05) is 32.2 Å². The highest BCUT2D eigenvalue weighted by Crippen LogP contribution is 2.26. The van der Waals surface area contributed by atoms with Crippen molar-refractivity contribution in [3.63, 3.8) is 0 Å². The van der Waals surface area contributed by atoms with Gasteiger partial charge in [0.1, 0.15) is 0 Å². The van der Waals surface area contributed by atoms with Crippen LogP contribution in [0.1, 0.15) is 45.4 Å². The van der Waals surface area contributed by atoms with E-state index in [1.807, 2.05) is 6.92 Å². The summed E-state index contributed by atoms with van der Waals surface area (Å²) in [5, 5.41) is 3.25. The predicted octanol–water partition coefficient (Wildman–Crippen LogP) is 1.18. The summed E-state index contributed by atoms with van der Waals surface area (Å²) in [5.74, 6) is 0. The van der Waals surface area contributed by atoms with Crippen LogP contribution in [0, 0.1) is 0 Å². The van der Waals surface area contributed by atoms with Gasteiger partial charge in [-0.15, -0.1) is 0 Å². The van der Waals surface area contributed by atoms with Crippen molar-refractivity contribution >= 4 is 10.2 Å². The number of nitrogens with zero attached hydrogens (tertiary/aromatic N) is 2. The smallest absolute Gasteiger partial charge is 0.282 e. The monoisotopic (exact) mass is 289 g/mol. The lowest BCUT2D eigenvalue weighted by Gasteiger charge is -2.36. The Labute approximate surface area is 117 Å². The Morgan fingerprint density at radius 3 is 2.32 bits per heavy atom. The molecular weight excluding hydrogens is 262 g/mol. The lowest BCUT2D eigenvalue weighted by molar-refractivity contribution is 0.250. The van der Waals surface area contributed by atoms with Crippen LogP contribution in [0.5, 0.6) is 0 Å². The maximum Gasteiger partial charge on any atom is 0.282 e. The third kappa shape index (κ3) is 3.29. The van der Waals surface area contributed by atoms with E-state index in [-0.39, 0.29) is 12.1 Å². The Morgan fingerprint density at radius 1 is 1.11 bits per heavy atom. The molecule has 19 heavy (non-hydrogen) atoms. The highest BCUT2D eigenvalue weighted by molar-refractivity contribution is 7.86. The standard InChI is InChI=1S/C13H27N3O2S/c1-3-16(13-9-10-14-11-13)19(17,18)15(2)12-7-5-4-6-8-12/h12-14H,3-11H2,1-2H3. The quantitative estimate of drug-likeness (QED) is 0.827. The average Bonchev–Trinajstić information content (AvgIpc) is 2.93. The third-order valence-electron chi connectivity index (χ3n) is 4.50. The van der Waals surface area contributed by atoms with E-state index in [4.69, 9.17) is 0 Å². The maximum atomic E-state index is 12.8. The van der Waals surface area contributed by atoms with Crippen molar-refractivity contribution in [2.24, 2.45) is 0 Å². The maximum absolute atomic E-state index is 12.8. The van der Waals surface area contributed by atoms with Crippen LogP contribution in [-0.4, -0.2) is 55.8 Å². The van der Waals surface area contributed by atoms with Crippen molar-refractivity contribution in [1.29, 1.82) is 0 Å². The van der Waals surface area contributed by atoms with Gasteiger partial charge in [0.2, 0.25) is 0 Å². The molecule has 1 atom stereocenters. The number of hydrogen-bond acceptors (Lipinski definition) is 3. The van der Waals surface area contributed by atoms with Crippen LogP contribution in [-0.2, 0) is 10.2 Å². The van der Waals surface area contributed by atoms with Crippen LogP contribution < -0.4 is 5.32 Å². The van der Waals surface area contributed by atoms with E-state index in [1.54, 1.807) is 15.7 Å². The Bertz CT molecular complexity index is 373. The average molecular weight is 289 g/mol. The molecule has 0 aromatic heterocycles. The first-order chi connectivity index (χ1) is 9.07. The Morgan fingerprint density at radius 2 is 1.79 bits per heavy atom. The Balaban J connectivity index is 2.09. The first-order valence-corrected chi connectivity index (χ1v) is 8.92. The van der Waals surface area contributed by atoms with Crippen LogP contribution in [0.2, 0.25) is 0 Å². The molecule has 1 saturated carbocycles. The summed E-state index contributed by atoms with van der Waals surface area (Å²) in [6, 6.07) is 0.322. The van der Waals surface area contributed by atoms with E-state index in [2.05, 4.69) is 5.32 Å². The summed E-state index contributed by atoms with van der Waals surface area (Å²) in [6.45, 7) is 4.20. The minimum Gasteiger partial charge on any atom is -0.315 e. The molecule has 0 radical (unpaired) electrons. The van der Waals surface area contributed by atoms with Gasteiger partial charge in [0.15, 0.2) is 0 Å². The molecule has 0 spiro atoms. The molecule has 1 saturated heterocycles. The number of nitrogens with one attached hydrogen (secondary N) is 1. The van der Waals surface area contributed by atoms with Crippen LogP contribution in [0.25, 0.3) is 0 Å². The van der Waals surface area contributed by atoms with Gasteiger partial charge < -0.3 is 5.32 Å². The second kappa shape index (κ2) is 6.52. The minimum atomic E-state index is -3.31. The molecule has 1 heterocycles. The predicted molar refractivity (Wildman–Crippen MR) is 77.2 cm³/mol. The molecule has 2 aliphatic rings. The van der Waals surface area contributed by atoms with Crippen LogP contribution in [0.3, 0.4) is 0 Å². The van der Waals surface area contributed by atoms with E-state index in [0.717, 1.165) is 45.2 Å². The van der Waals surface area contributed by atoms with Gasteiger partial charge >= 0.3 is 0 Å². The second-order valence-corrected chi connectivity index (χ2v) is 7.61. The SMILES string of the molecule is CCN(C1CCNC1)S(=O)(=O)N(C)C1CCCCC1. The van der Waals surface area contributed by atoms with Crippen LogP contribution >= 0.6 is 0 Å². The van der Waals surface area contributed by atoms with Gasteiger partial charge in [-0.2, -0.15) is 17.0 Å². The molecule has 112 valence electrons. The molecule has 2 fully saturated rings. The summed E-state index contributed by atoms with van der Waals surface area (Å²) in [7, 11) is -1.55. The molecule has 0 amide bonds. The van der Waals surface area contributed by atoms with Gasteiger partial charge in [-0.1, -0.05) is 26.2 Å². The summed E-state index contributed by atoms with van der Waals surface area (Å²) in [6.07, 6.45) is 6.50. The first kappa shape index (κ1) is 15.2. The fraction of sp³-hybridized carbons (Fsp3) is 1.00. The highest BCUT2D eigenvalue weighted by Gasteiger charge is 2.36. The van der Waals surface area contributed by atoms with E-state index in [0.29, 0.717) is 6.54 Å². The summed E-state index contributed by atoms with van der Waals surface area (Å²) in [5.41, 5.74) is 0. The molecule has 1 aliphatic heterocycles. The summed E-state index contributed by atoms with van der Waals surface area (Å²) >= 11 is 0. The molecule has 1 unspecified atom stereocenters. The number of likely N-dealkylation sites (N-methyl/N-ethyl adjacent to an activating group) is 1. The van der Waals surface area contributed by atoms with Crippen molar-refractivity contribution in [3.8, 4) is 0 Å². The zero-order chi connectivity index (χ0) is 13.9. The Hall–Kier alpha value is -0.170. The minimum absolute atomic E-state index is 0.126. The largest absolute Gasteiger partial charge is 0.315 e. The third-order valence-corrected chi connectivity index (χ3v) is 6.68. The fourth-order valence-electron chi connectivity index (χ4n) is 3.29. The van der Waals surface area contributed by atoms with E-state index in [1.165, 1.54) is 6.42 Å². The summed E-state index contributed by atoms with van der Waals surface area (Å²) in [4.78, 5) is 0. The van der Waals surface area contributed by atoms with E-state index in [9.17, 15) is 8.42 Å². The second-order valence-electron chi connectivity index (χ2n) is 5.67. The fourth-order valence-corrected chi connectivity index (χ4v) is 5.09. The molecule has 0 aromatic carbocycles. The highest BCUT2D eigenvalue weighted by atomic mass is 32.2. The topological polar surface area (TPSA) is 52.7 Å². The van der Waals surface area contributed by atoms with Gasteiger partial charge in [0.05, 0.1) is 0 Å². The van der Waals surface area contributed by atoms with Gasteiger partial charge in [-0.05, 0) is 25.8 Å². The van der Waals surface area contributed by atoms with Crippen molar-refractivity contribution in [1.82, 2.24) is 13.9 Å². The molecule has 0 aromatic rings. The molecular formula is C13H27N3O2S. The number of hydrogen-bond donors (Lipinski definition) is 1. The van der Waals surface area contributed by atoms with Gasteiger partial charge in [0.25, 0.3) is 10.2 Å². The first-order valence-electron chi connectivity index (χ1n) is 7.53. The van der Waals surface area contributed by atoms with Crippen molar-refractivity contribution < 1.29 is 8.42 Å². The molecule has 0 bridgehead atoms. The van der Waals surface area contributed by atoms with Crippen molar-refractivity contribution in [3.05, 3.63) is 0 Å². The molecule has 5 nitrogen and oxygen atoms in total. The Kier molecular flexibility index (Phi) is 5.22. The van der Waals surface area contributed by atoms with Crippen LogP contribution in [0.15, 0.2) is 0 Å². The molecule has 1 N–H and O–H groups in total. The van der Waals surface area contributed by atoms with Gasteiger partial charge in [-0.3, -0.25) is 0 Å². The van der Waals surface area contributed by atoms with E-state index >= 15 is 0 Å². The molecule has 1 aliphatic carbocycles. The summed E-state index contributed by atoms with van der Waals surface area (Å²) < 4.78 is 28.9. The lowest BCUT2D eigenvalue weighted by atomic mass is 9.96. The zero-order valence-corrected chi connectivity index (χ0v) is 13.0. The van der Waals surface area contributed by atoms with E-state index < -0.39 is 10.2 Å². The normalized spacial score (nSPS) is 26.4.